The summed E-state index contributed by atoms with van der Waals surface area (Å²) in [5, 5.41) is 8.67. The van der Waals surface area contributed by atoms with E-state index < -0.39 is 0 Å². The molecule has 1 aliphatic rings. The van der Waals surface area contributed by atoms with Crippen LogP contribution >= 0.6 is 0 Å². The molecule has 1 aliphatic heterocycles. The summed E-state index contributed by atoms with van der Waals surface area (Å²) in [4.78, 5) is 0. The minimum Gasteiger partial charge on any atom is -0.496 e. The number of hydroxylamine groups is 1. The SMILES string of the molecule is COc1cc2c(cc1CNO)OCOC2. The van der Waals surface area contributed by atoms with E-state index in [9.17, 15) is 0 Å². The summed E-state index contributed by atoms with van der Waals surface area (Å²) in [5.74, 6) is 1.50. The first-order valence-corrected chi connectivity index (χ1v) is 4.62. The zero-order valence-electron chi connectivity index (χ0n) is 8.45. The number of methoxy groups -OCH3 is 1. The average Bonchev–Trinajstić information content (AvgIpc) is 2.28. The predicted molar refractivity (Wildman–Crippen MR) is 51.9 cm³/mol. The highest BCUT2D eigenvalue weighted by atomic mass is 16.7. The lowest BCUT2D eigenvalue weighted by molar-refractivity contribution is -0.0166. The maximum absolute atomic E-state index is 8.67. The summed E-state index contributed by atoms with van der Waals surface area (Å²) >= 11 is 0. The van der Waals surface area contributed by atoms with Crippen LogP contribution in [-0.2, 0) is 17.9 Å². The van der Waals surface area contributed by atoms with E-state index in [-0.39, 0.29) is 6.79 Å². The number of rotatable bonds is 3. The van der Waals surface area contributed by atoms with Crippen LogP contribution in [0.2, 0.25) is 0 Å². The topological polar surface area (TPSA) is 60.0 Å². The monoisotopic (exact) mass is 211 g/mol. The lowest BCUT2D eigenvalue weighted by Gasteiger charge is -2.20. The van der Waals surface area contributed by atoms with Gasteiger partial charge in [0.2, 0.25) is 0 Å². The number of fused-ring (bicyclic) bond motifs is 1. The zero-order chi connectivity index (χ0) is 10.7. The van der Waals surface area contributed by atoms with Crippen molar-refractivity contribution in [2.24, 2.45) is 0 Å². The fourth-order valence-corrected chi connectivity index (χ4v) is 1.56. The molecule has 0 aromatic heterocycles. The highest BCUT2D eigenvalue weighted by Crippen LogP contribution is 2.31. The Bertz CT molecular complexity index is 354. The van der Waals surface area contributed by atoms with E-state index in [1.54, 1.807) is 7.11 Å². The van der Waals surface area contributed by atoms with Crippen molar-refractivity contribution in [3.63, 3.8) is 0 Å². The van der Waals surface area contributed by atoms with Crippen molar-refractivity contribution in [3.8, 4) is 11.5 Å². The number of benzene rings is 1. The van der Waals surface area contributed by atoms with Crippen molar-refractivity contribution in [2.75, 3.05) is 13.9 Å². The molecule has 2 rings (SSSR count). The van der Waals surface area contributed by atoms with Gasteiger partial charge in [0, 0.05) is 17.7 Å². The third kappa shape index (κ3) is 2.04. The maximum atomic E-state index is 8.67. The van der Waals surface area contributed by atoms with E-state index in [4.69, 9.17) is 19.4 Å². The Morgan fingerprint density at radius 2 is 2.40 bits per heavy atom. The number of nitrogens with one attached hydrogen (secondary N) is 1. The van der Waals surface area contributed by atoms with Crippen LogP contribution < -0.4 is 15.0 Å². The number of hydrogen-bond donors (Lipinski definition) is 2. The molecule has 0 radical (unpaired) electrons. The van der Waals surface area contributed by atoms with E-state index >= 15 is 0 Å². The Hall–Kier alpha value is -1.30. The molecule has 0 fully saturated rings. The van der Waals surface area contributed by atoms with Crippen LogP contribution in [0.4, 0.5) is 0 Å². The van der Waals surface area contributed by atoms with Crippen LogP contribution in [0.15, 0.2) is 12.1 Å². The van der Waals surface area contributed by atoms with Crippen molar-refractivity contribution in [1.29, 1.82) is 0 Å². The molecule has 2 N–H and O–H groups in total. The average molecular weight is 211 g/mol. The summed E-state index contributed by atoms with van der Waals surface area (Å²) in [6.45, 7) is 1.12. The van der Waals surface area contributed by atoms with Gasteiger partial charge in [0.25, 0.3) is 0 Å². The third-order valence-electron chi connectivity index (χ3n) is 2.29. The van der Waals surface area contributed by atoms with Gasteiger partial charge in [0.05, 0.1) is 13.7 Å². The Balaban J connectivity index is 2.37. The largest absolute Gasteiger partial charge is 0.496 e. The van der Waals surface area contributed by atoms with Gasteiger partial charge < -0.3 is 19.4 Å². The molecule has 0 saturated heterocycles. The van der Waals surface area contributed by atoms with Crippen LogP contribution in [0.1, 0.15) is 11.1 Å². The molecule has 0 bridgehead atoms. The van der Waals surface area contributed by atoms with E-state index in [2.05, 4.69) is 5.48 Å². The highest BCUT2D eigenvalue weighted by molar-refractivity contribution is 5.46. The fraction of sp³-hybridized carbons (Fsp3) is 0.400. The second-order valence-corrected chi connectivity index (χ2v) is 3.22. The molecule has 1 heterocycles. The molecule has 0 aliphatic carbocycles. The second kappa shape index (κ2) is 4.48. The molecule has 1 aromatic carbocycles. The Kier molecular flexibility index (Phi) is 3.05. The van der Waals surface area contributed by atoms with Crippen LogP contribution in [0, 0.1) is 0 Å². The van der Waals surface area contributed by atoms with Gasteiger partial charge >= 0.3 is 0 Å². The van der Waals surface area contributed by atoms with Gasteiger partial charge in [-0.2, -0.15) is 0 Å². The van der Waals surface area contributed by atoms with Crippen LogP contribution in [0.5, 0.6) is 11.5 Å². The molecule has 0 spiro atoms. The van der Waals surface area contributed by atoms with Crippen molar-refractivity contribution < 1.29 is 19.4 Å². The Labute approximate surface area is 87.5 Å². The van der Waals surface area contributed by atoms with Crippen molar-refractivity contribution in [3.05, 3.63) is 23.3 Å². The molecular weight excluding hydrogens is 198 g/mol. The first kappa shape index (κ1) is 10.2. The molecule has 0 saturated carbocycles. The standard InChI is InChI=1S/C10H13NO4/c1-13-9-3-8-5-14-6-15-10(8)2-7(9)4-11-12/h2-3,11-12H,4-6H2,1H3. The van der Waals surface area contributed by atoms with Gasteiger partial charge in [-0.1, -0.05) is 0 Å². The van der Waals surface area contributed by atoms with Crippen LogP contribution in [0.25, 0.3) is 0 Å². The van der Waals surface area contributed by atoms with Gasteiger partial charge in [0.1, 0.15) is 11.5 Å². The normalized spacial score (nSPS) is 14.3. The lowest BCUT2D eigenvalue weighted by atomic mass is 10.1. The summed E-state index contributed by atoms with van der Waals surface area (Å²) in [5.41, 5.74) is 3.90. The molecule has 0 amide bonds. The van der Waals surface area contributed by atoms with Crippen LogP contribution in [-0.4, -0.2) is 19.1 Å². The number of ether oxygens (including phenoxy) is 3. The summed E-state index contributed by atoms with van der Waals surface area (Å²) in [6.07, 6.45) is 0. The highest BCUT2D eigenvalue weighted by Gasteiger charge is 2.14. The second-order valence-electron chi connectivity index (χ2n) is 3.22. The van der Waals surface area contributed by atoms with Gasteiger partial charge in [-0.3, -0.25) is 0 Å². The molecule has 15 heavy (non-hydrogen) atoms. The summed E-state index contributed by atoms with van der Waals surface area (Å²) in [6, 6.07) is 3.71. The Morgan fingerprint density at radius 3 is 3.13 bits per heavy atom. The first-order chi connectivity index (χ1) is 7.35. The lowest BCUT2D eigenvalue weighted by Crippen LogP contribution is -2.13. The molecule has 1 aromatic rings. The minimum absolute atomic E-state index is 0.269. The van der Waals surface area contributed by atoms with E-state index in [0.717, 1.165) is 16.9 Å². The quantitative estimate of drug-likeness (QED) is 0.731. The van der Waals surface area contributed by atoms with Gasteiger partial charge in [0.15, 0.2) is 6.79 Å². The molecule has 0 unspecified atom stereocenters. The maximum Gasteiger partial charge on any atom is 0.189 e. The molecule has 82 valence electrons. The molecular formula is C10H13NO4. The third-order valence-corrected chi connectivity index (χ3v) is 2.29. The van der Waals surface area contributed by atoms with E-state index in [1.165, 1.54) is 0 Å². The first-order valence-electron chi connectivity index (χ1n) is 4.62. The van der Waals surface area contributed by atoms with Crippen LogP contribution in [0.3, 0.4) is 0 Å². The van der Waals surface area contributed by atoms with E-state index in [1.807, 2.05) is 12.1 Å². The zero-order valence-corrected chi connectivity index (χ0v) is 8.45. The van der Waals surface area contributed by atoms with Crippen molar-refractivity contribution in [2.45, 2.75) is 13.2 Å². The number of hydrogen-bond acceptors (Lipinski definition) is 5. The fourth-order valence-electron chi connectivity index (χ4n) is 1.56. The predicted octanol–water partition coefficient (Wildman–Crippen LogP) is 1.04. The summed E-state index contributed by atoms with van der Waals surface area (Å²) < 4.78 is 15.7. The van der Waals surface area contributed by atoms with Gasteiger partial charge in [-0.25, -0.2) is 5.48 Å². The van der Waals surface area contributed by atoms with Gasteiger partial charge in [-0.05, 0) is 12.1 Å². The van der Waals surface area contributed by atoms with E-state index in [0.29, 0.717) is 18.9 Å². The minimum atomic E-state index is 0.269. The Morgan fingerprint density at radius 1 is 1.53 bits per heavy atom. The smallest absolute Gasteiger partial charge is 0.189 e. The molecule has 5 nitrogen and oxygen atoms in total. The molecule has 0 atom stereocenters. The molecule has 5 heteroatoms. The van der Waals surface area contributed by atoms with Gasteiger partial charge in [-0.15, -0.1) is 0 Å². The summed E-state index contributed by atoms with van der Waals surface area (Å²) in [7, 11) is 1.59. The van der Waals surface area contributed by atoms with Crippen molar-refractivity contribution >= 4 is 0 Å². The van der Waals surface area contributed by atoms with Crippen molar-refractivity contribution in [1.82, 2.24) is 5.48 Å².